The number of thiocarbonyl (C=S) groups is 1. The second kappa shape index (κ2) is 9.20. The van der Waals surface area contributed by atoms with Crippen molar-refractivity contribution in [2.24, 2.45) is 0 Å². The summed E-state index contributed by atoms with van der Waals surface area (Å²) in [6.45, 7) is 1.93. The Morgan fingerprint density at radius 2 is 1.97 bits per heavy atom. The Balaban J connectivity index is 1.36. The number of benzene rings is 2. The Labute approximate surface area is 186 Å². The van der Waals surface area contributed by atoms with Crippen LogP contribution >= 0.6 is 35.6 Å². The smallest absolute Gasteiger partial charge is 0.170 e. The van der Waals surface area contributed by atoms with Gasteiger partial charge in [-0.05, 0) is 61.6 Å². The van der Waals surface area contributed by atoms with Gasteiger partial charge in [-0.1, -0.05) is 29.8 Å². The van der Waals surface area contributed by atoms with Gasteiger partial charge in [-0.15, -0.1) is 11.8 Å². The van der Waals surface area contributed by atoms with Crippen molar-refractivity contribution < 1.29 is 0 Å². The van der Waals surface area contributed by atoms with Gasteiger partial charge in [0.05, 0.1) is 10.5 Å². The fraction of sp³-hybridized carbons (Fsp3) is 0.273. The first-order valence-corrected chi connectivity index (χ1v) is 11.6. The zero-order chi connectivity index (χ0) is 20.2. The molecule has 0 spiro atoms. The highest BCUT2D eigenvalue weighted by molar-refractivity contribution is 7.98. The summed E-state index contributed by atoms with van der Waals surface area (Å²) in [4.78, 5) is 8.08. The van der Waals surface area contributed by atoms with Crippen molar-refractivity contribution in [2.45, 2.75) is 23.8 Å². The van der Waals surface area contributed by atoms with E-state index in [9.17, 15) is 0 Å². The summed E-state index contributed by atoms with van der Waals surface area (Å²) in [5.74, 6) is 0. The molecular formula is C22H23ClN4S2. The number of fused-ring (bicyclic) bond motifs is 1. The van der Waals surface area contributed by atoms with E-state index in [-0.39, 0.29) is 0 Å². The van der Waals surface area contributed by atoms with Gasteiger partial charge in [0.2, 0.25) is 0 Å². The second-order valence-electron chi connectivity index (χ2n) is 7.06. The summed E-state index contributed by atoms with van der Waals surface area (Å²) in [5, 5.41) is 9.27. The first-order valence-electron chi connectivity index (χ1n) is 9.64. The third kappa shape index (κ3) is 4.77. The SMILES string of the molecule is CSc1cccc(NC(=S)NC2CCN(c3ccnc4c(Cl)cccc34)CC2)c1. The first-order chi connectivity index (χ1) is 14.1. The molecule has 29 heavy (non-hydrogen) atoms. The second-order valence-corrected chi connectivity index (χ2v) is 8.75. The summed E-state index contributed by atoms with van der Waals surface area (Å²) in [6, 6.07) is 16.7. The predicted octanol–water partition coefficient (Wildman–Crippen LogP) is 5.57. The van der Waals surface area contributed by atoms with Crippen molar-refractivity contribution in [1.82, 2.24) is 10.3 Å². The number of thioether (sulfide) groups is 1. The van der Waals surface area contributed by atoms with Crippen LogP contribution in [-0.4, -0.2) is 35.5 Å². The lowest BCUT2D eigenvalue weighted by atomic mass is 10.0. The van der Waals surface area contributed by atoms with E-state index in [0.29, 0.717) is 16.2 Å². The lowest BCUT2D eigenvalue weighted by molar-refractivity contribution is 0.468. The normalized spacial score (nSPS) is 14.8. The molecule has 1 saturated heterocycles. The molecule has 0 radical (unpaired) electrons. The minimum absolute atomic E-state index is 0.367. The molecule has 0 unspecified atom stereocenters. The largest absolute Gasteiger partial charge is 0.371 e. The molecular weight excluding hydrogens is 420 g/mol. The number of hydrogen-bond acceptors (Lipinski definition) is 4. The fourth-order valence-corrected chi connectivity index (χ4v) is 4.69. The summed E-state index contributed by atoms with van der Waals surface area (Å²) < 4.78 is 0. The molecule has 0 atom stereocenters. The maximum absolute atomic E-state index is 6.32. The molecule has 0 aliphatic carbocycles. The molecule has 1 aromatic heterocycles. The van der Waals surface area contributed by atoms with Crippen molar-refractivity contribution >= 4 is 63.0 Å². The molecule has 3 aromatic rings. The van der Waals surface area contributed by atoms with E-state index in [2.05, 4.69) is 51.0 Å². The molecule has 7 heteroatoms. The molecule has 2 aromatic carbocycles. The van der Waals surface area contributed by atoms with Crippen LogP contribution in [0.15, 0.2) is 59.6 Å². The van der Waals surface area contributed by atoms with E-state index in [1.165, 1.54) is 10.6 Å². The molecule has 0 bridgehead atoms. The zero-order valence-corrected chi connectivity index (χ0v) is 18.6. The van der Waals surface area contributed by atoms with Crippen LogP contribution in [0.4, 0.5) is 11.4 Å². The number of nitrogens with zero attached hydrogens (tertiary/aromatic N) is 2. The Bertz CT molecular complexity index is 1020. The number of piperidine rings is 1. The number of rotatable bonds is 4. The number of halogens is 1. The highest BCUT2D eigenvalue weighted by Crippen LogP contribution is 2.31. The molecule has 2 heterocycles. The van der Waals surface area contributed by atoms with E-state index in [1.807, 2.05) is 30.5 Å². The maximum atomic E-state index is 6.32. The number of aromatic nitrogens is 1. The van der Waals surface area contributed by atoms with Crippen molar-refractivity contribution in [3.05, 3.63) is 59.8 Å². The molecule has 0 saturated carbocycles. The molecule has 2 N–H and O–H groups in total. The Kier molecular flexibility index (Phi) is 6.43. The van der Waals surface area contributed by atoms with E-state index in [4.69, 9.17) is 23.8 Å². The van der Waals surface area contributed by atoms with Gasteiger partial charge >= 0.3 is 0 Å². The molecule has 0 amide bonds. The molecule has 4 nitrogen and oxygen atoms in total. The van der Waals surface area contributed by atoms with Crippen molar-refractivity contribution in [3.63, 3.8) is 0 Å². The van der Waals surface area contributed by atoms with Gasteiger partial charge in [-0.2, -0.15) is 0 Å². The fourth-order valence-electron chi connectivity index (χ4n) is 3.72. The molecule has 4 rings (SSSR count). The minimum atomic E-state index is 0.367. The van der Waals surface area contributed by atoms with E-state index >= 15 is 0 Å². The van der Waals surface area contributed by atoms with Crippen LogP contribution in [0.1, 0.15) is 12.8 Å². The number of anilines is 2. The van der Waals surface area contributed by atoms with Gasteiger partial charge in [-0.25, -0.2) is 0 Å². The van der Waals surface area contributed by atoms with Crippen LogP contribution < -0.4 is 15.5 Å². The van der Waals surface area contributed by atoms with E-state index in [1.54, 1.807) is 11.8 Å². The number of para-hydroxylation sites is 1. The maximum Gasteiger partial charge on any atom is 0.170 e. The van der Waals surface area contributed by atoms with Crippen LogP contribution in [0.2, 0.25) is 5.02 Å². The third-order valence-corrected chi connectivity index (χ3v) is 6.45. The van der Waals surface area contributed by atoms with Crippen LogP contribution in [0.3, 0.4) is 0 Å². The van der Waals surface area contributed by atoms with Crippen LogP contribution in [0, 0.1) is 0 Å². The highest BCUT2D eigenvalue weighted by Gasteiger charge is 2.21. The van der Waals surface area contributed by atoms with Crippen LogP contribution in [0.25, 0.3) is 10.9 Å². The quantitative estimate of drug-likeness (QED) is 0.407. The average Bonchev–Trinajstić information content (AvgIpc) is 2.74. The molecule has 1 fully saturated rings. The zero-order valence-electron chi connectivity index (χ0n) is 16.2. The van der Waals surface area contributed by atoms with Gasteiger partial charge in [0, 0.05) is 47.0 Å². The standard InChI is InChI=1S/C22H23ClN4S2/c1-29-17-5-2-4-16(14-17)26-22(28)25-15-9-12-27(13-10-15)20-8-11-24-21-18(20)6-3-7-19(21)23/h2-8,11,14-15H,9-10,12-13H2,1H3,(H2,25,26,28). The molecule has 1 aliphatic rings. The van der Waals surface area contributed by atoms with Gasteiger partial charge in [0.25, 0.3) is 0 Å². The number of hydrogen-bond donors (Lipinski definition) is 2. The van der Waals surface area contributed by atoms with E-state index < -0.39 is 0 Å². The Hall–Kier alpha value is -2.02. The molecule has 1 aliphatic heterocycles. The summed E-state index contributed by atoms with van der Waals surface area (Å²) >= 11 is 13.6. The Morgan fingerprint density at radius 1 is 1.17 bits per heavy atom. The first kappa shape index (κ1) is 20.3. The monoisotopic (exact) mass is 442 g/mol. The lowest BCUT2D eigenvalue weighted by Crippen LogP contribution is -2.46. The highest BCUT2D eigenvalue weighted by atomic mass is 35.5. The summed E-state index contributed by atoms with van der Waals surface area (Å²) in [6.07, 6.45) is 5.97. The number of nitrogens with one attached hydrogen (secondary N) is 2. The van der Waals surface area contributed by atoms with Crippen LogP contribution in [-0.2, 0) is 0 Å². The lowest BCUT2D eigenvalue weighted by Gasteiger charge is -2.35. The minimum Gasteiger partial charge on any atom is -0.371 e. The third-order valence-electron chi connectivity index (χ3n) is 5.20. The van der Waals surface area contributed by atoms with Crippen molar-refractivity contribution in [3.8, 4) is 0 Å². The topological polar surface area (TPSA) is 40.2 Å². The van der Waals surface area contributed by atoms with Gasteiger partial charge < -0.3 is 15.5 Å². The van der Waals surface area contributed by atoms with Crippen LogP contribution in [0.5, 0.6) is 0 Å². The average molecular weight is 443 g/mol. The van der Waals surface area contributed by atoms with Crippen molar-refractivity contribution in [1.29, 1.82) is 0 Å². The van der Waals surface area contributed by atoms with Gasteiger partial charge in [0.15, 0.2) is 5.11 Å². The van der Waals surface area contributed by atoms with E-state index in [0.717, 1.165) is 42.5 Å². The number of pyridine rings is 1. The van der Waals surface area contributed by atoms with Crippen molar-refractivity contribution in [2.75, 3.05) is 29.6 Å². The predicted molar refractivity (Wildman–Crippen MR) is 130 cm³/mol. The van der Waals surface area contributed by atoms with Gasteiger partial charge in [-0.3, -0.25) is 4.98 Å². The Morgan fingerprint density at radius 3 is 2.76 bits per heavy atom. The summed E-state index contributed by atoms with van der Waals surface area (Å²) in [5.41, 5.74) is 3.09. The summed E-state index contributed by atoms with van der Waals surface area (Å²) in [7, 11) is 0. The molecule has 150 valence electrons. The van der Waals surface area contributed by atoms with Gasteiger partial charge in [0.1, 0.15) is 0 Å².